The van der Waals surface area contributed by atoms with Crippen LogP contribution < -0.4 is 5.32 Å². The van der Waals surface area contributed by atoms with Crippen molar-refractivity contribution in [1.29, 1.82) is 0 Å². The first kappa shape index (κ1) is 17.0. The van der Waals surface area contributed by atoms with Gasteiger partial charge in [-0.2, -0.15) is 5.10 Å². The van der Waals surface area contributed by atoms with Gasteiger partial charge in [-0.15, -0.1) is 0 Å². The zero-order chi connectivity index (χ0) is 17.8. The fourth-order valence-corrected chi connectivity index (χ4v) is 2.71. The van der Waals surface area contributed by atoms with Crippen molar-refractivity contribution in [3.05, 3.63) is 47.5 Å². The molecule has 1 aromatic heterocycles. The van der Waals surface area contributed by atoms with Crippen LogP contribution in [0.5, 0.6) is 0 Å². The molecular formula is C18H20FN5O. The van der Waals surface area contributed by atoms with Gasteiger partial charge in [0.15, 0.2) is 5.82 Å². The monoisotopic (exact) mass is 341 g/mol. The molecule has 7 heteroatoms. The lowest BCUT2D eigenvalue weighted by Gasteiger charge is -2.24. The molecule has 0 unspecified atom stereocenters. The molecule has 0 spiro atoms. The van der Waals surface area contributed by atoms with E-state index in [2.05, 4.69) is 20.4 Å². The van der Waals surface area contributed by atoms with Crippen molar-refractivity contribution in [1.82, 2.24) is 20.3 Å². The molecule has 1 N–H and O–H groups in total. The Hall–Kier alpha value is -2.83. The molecule has 130 valence electrons. The van der Waals surface area contributed by atoms with Crippen molar-refractivity contribution in [2.24, 2.45) is 5.10 Å². The van der Waals surface area contributed by atoms with E-state index >= 15 is 0 Å². The molecule has 6 nitrogen and oxygen atoms in total. The fraction of sp³-hybridized carbons (Fsp3) is 0.333. The second kappa shape index (κ2) is 7.38. The summed E-state index contributed by atoms with van der Waals surface area (Å²) in [5.41, 5.74) is 2.90. The number of carbonyl (C=O) groups is 1. The highest BCUT2D eigenvalue weighted by Crippen LogP contribution is 2.19. The van der Waals surface area contributed by atoms with Crippen LogP contribution >= 0.6 is 0 Å². The minimum Gasteiger partial charge on any atom is -0.353 e. The van der Waals surface area contributed by atoms with Crippen LogP contribution in [0, 0.1) is 12.7 Å². The van der Waals surface area contributed by atoms with E-state index in [0.29, 0.717) is 36.6 Å². The Bertz CT molecular complexity index is 801. The third-order valence-corrected chi connectivity index (χ3v) is 3.87. The molecule has 1 aliphatic rings. The zero-order valence-electron chi connectivity index (χ0n) is 14.3. The van der Waals surface area contributed by atoms with Gasteiger partial charge in [-0.1, -0.05) is 6.92 Å². The molecule has 25 heavy (non-hydrogen) atoms. The van der Waals surface area contributed by atoms with Crippen LogP contribution in [0.3, 0.4) is 0 Å². The van der Waals surface area contributed by atoms with Crippen molar-refractivity contribution in [3.63, 3.8) is 0 Å². The van der Waals surface area contributed by atoms with Gasteiger partial charge in [-0.05, 0) is 43.2 Å². The van der Waals surface area contributed by atoms with E-state index in [1.807, 2.05) is 19.9 Å². The first-order chi connectivity index (χ1) is 12.0. The van der Waals surface area contributed by atoms with Crippen molar-refractivity contribution in [2.75, 3.05) is 19.6 Å². The van der Waals surface area contributed by atoms with Gasteiger partial charge in [-0.25, -0.2) is 14.4 Å². The molecule has 3 rings (SSSR count). The number of rotatable bonds is 4. The number of halogens is 1. The molecule has 0 radical (unpaired) electrons. The van der Waals surface area contributed by atoms with Gasteiger partial charge >= 0.3 is 0 Å². The van der Waals surface area contributed by atoms with E-state index in [1.165, 1.54) is 12.1 Å². The van der Waals surface area contributed by atoms with Crippen LogP contribution in [0.25, 0.3) is 11.4 Å². The minimum atomic E-state index is -0.312. The molecule has 1 aromatic carbocycles. The van der Waals surface area contributed by atoms with Crippen molar-refractivity contribution in [3.8, 4) is 11.4 Å². The van der Waals surface area contributed by atoms with E-state index in [4.69, 9.17) is 0 Å². The van der Waals surface area contributed by atoms with Gasteiger partial charge in [-0.3, -0.25) is 9.80 Å². The molecule has 1 fully saturated rings. The number of benzene rings is 1. The second-order valence-corrected chi connectivity index (χ2v) is 5.92. The minimum absolute atomic E-state index is 0.0379. The van der Waals surface area contributed by atoms with Crippen LogP contribution in [0.1, 0.15) is 24.6 Å². The number of hydrogen-bond donors (Lipinski definition) is 1. The number of aryl methyl sites for hydroxylation is 1. The summed E-state index contributed by atoms with van der Waals surface area (Å²) in [7, 11) is 0. The Kier molecular flexibility index (Phi) is 5.02. The van der Waals surface area contributed by atoms with Gasteiger partial charge < -0.3 is 5.32 Å². The largest absolute Gasteiger partial charge is 0.353 e. The number of piperazine rings is 1. The Morgan fingerprint density at radius 1 is 1.40 bits per heavy atom. The van der Waals surface area contributed by atoms with Crippen LogP contribution in [-0.4, -0.2) is 46.2 Å². The Labute approximate surface area is 145 Å². The Morgan fingerprint density at radius 3 is 2.96 bits per heavy atom. The molecule has 1 saturated heterocycles. The van der Waals surface area contributed by atoms with E-state index in [-0.39, 0.29) is 18.3 Å². The van der Waals surface area contributed by atoms with E-state index in [9.17, 15) is 9.18 Å². The predicted octanol–water partition coefficient (Wildman–Crippen LogP) is 2.14. The maximum Gasteiger partial charge on any atom is 0.241 e. The molecule has 2 heterocycles. The van der Waals surface area contributed by atoms with Crippen molar-refractivity contribution >= 4 is 11.6 Å². The predicted molar refractivity (Wildman–Crippen MR) is 93.6 cm³/mol. The summed E-state index contributed by atoms with van der Waals surface area (Å²) in [5, 5.41) is 9.08. The van der Waals surface area contributed by atoms with Gasteiger partial charge in [0.25, 0.3) is 0 Å². The lowest BCUT2D eigenvalue weighted by atomic mass is 10.1. The van der Waals surface area contributed by atoms with Gasteiger partial charge in [0, 0.05) is 18.3 Å². The highest BCUT2D eigenvalue weighted by molar-refractivity contribution is 5.98. The van der Waals surface area contributed by atoms with E-state index in [0.717, 1.165) is 11.3 Å². The van der Waals surface area contributed by atoms with Gasteiger partial charge in [0.1, 0.15) is 12.4 Å². The number of nitrogens with one attached hydrogen (secondary N) is 1. The van der Waals surface area contributed by atoms with Crippen LogP contribution in [0.15, 0.2) is 35.6 Å². The van der Waals surface area contributed by atoms with E-state index in [1.54, 1.807) is 17.3 Å². The number of hydrazone groups is 1. The lowest BCUT2D eigenvalue weighted by Crippen LogP contribution is -2.45. The molecule has 0 bridgehead atoms. The molecular weight excluding hydrogens is 321 g/mol. The van der Waals surface area contributed by atoms with Crippen LogP contribution in [0.2, 0.25) is 0 Å². The lowest BCUT2D eigenvalue weighted by molar-refractivity contribution is -0.124. The van der Waals surface area contributed by atoms with Crippen molar-refractivity contribution < 1.29 is 9.18 Å². The summed E-state index contributed by atoms with van der Waals surface area (Å²) in [6.07, 6.45) is 2.31. The maximum atomic E-state index is 13.7. The summed E-state index contributed by atoms with van der Waals surface area (Å²) in [4.78, 5) is 20.3. The first-order valence-corrected chi connectivity index (χ1v) is 8.25. The SMILES string of the molecule is CC/C(=N\N1CCNC(=O)C1)c1ccnc(-c2cc(C)cc(F)c2)n1. The second-order valence-electron chi connectivity index (χ2n) is 5.92. The van der Waals surface area contributed by atoms with Gasteiger partial charge in [0.05, 0.1) is 18.0 Å². The number of carbonyl (C=O) groups excluding carboxylic acids is 1. The summed E-state index contributed by atoms with van der Waals surface area (Å²) in [6.45, 7) is 5.30. The number of nitrogens with zero attached hydrogens (tertiary/aromatic N) is 4. The smallest absolute Gasteiger partial charge is 0.241 e. The number of hydrogen-bond acceptors (Lipinski definition) is 5. The van der Waals surface area contributed by atoms with Crippen LogP contribution in [-0.2, 0) is 4.79 Å². The van der Waals surface area contributed by atoms with Crippen molar-refractivity contribution in [2.45, 2.75) is 20.3 Å². The average molecular weight is 341 g/mol. The first-order valence-electron chi connectivity index (χ1n) is 8.25. The summed E-state index contributed by atoms with van der Waals surface area (Å²) < 4.78 is 13.7. The molecule has 1 aliphatic heterocycles. The molecule has 0 aliphatic carbocycles. The molecule has 1 amide bonds. The quantitative estimate of drug-likeness (QED) is 0.865. The Morgan fingerprint density at radius 2 is 2.24 bits per heavy atom. The topological polar surface area (TPSA) is 70.5 Å². The fourth-order valence-electron chi connectivity index (χ4n) is 2.71. The maximum absolute atomic E-state index is 13.7. The normalized spacial score (nSPS) is 15.2. The molecule has 0 saturated carbocycles. The van der Waals surface area contributed by atoms with E-state index < -0.39 is 0 Å². The zero-order valence-corrected chi connectivity index (χ0v) is 14.3. The van der Waals surface area contributed by atoms with Gasteiger partial charge in [0.2, 0.25) is 5.91 Å². The highest BCUT2D eigenvalue weighted by Gasteiger charge is 2.16. The molecule has 0 atom stereocenters. The highest BCUT2D eigenvalue weighted by atomic mass is 19.1. The average Bonchev–Trinajstić information content (AvgIpc) is 2.59. The number of aromatic nitrogens is 2. The summed E-state index contributed by atoms with van der Waals surface area (Å²) in [5.74, 6) is 0.106. The van der Waals surface area contributed by atoms with Crippen LogP contribution in [0.4, 0.5) is 4.39 Å². The summed E-state index contributed by atoms with van der Waals surface area (Å²) in [6, 6.07) is 6.51. The number of amides is 1. The molecule has 2 aromatic rings. The third-order valence-electron chi connectivity index (χ3n) is 3.87. The standard InChI is InChI=1S/C18H20FN5O/c1-3-15(23-24-7-6-20-17(25)11-24)16-4-5-21-18(22-16)13-8-12(2)9-14(19)10-13/h4-5,8-10H,3,6-7,11H2,1-2H3,(H,20,25)/b23-15+. The summed E-state index contributed by atoms with van der Waals surface area (Å²) >= 11 is 0. The Balaban J connectivity index is 1.92. The third kappa shape index (κ3) is 4.17.